The molecule has 0 N–H and O–H groups in total. The summed E-state index contributed by atoms with van der Waals surface area (Å²) >= 11 is 7.49. The van der Waals surface area contributed by atoms with Crippen molar-refractivity contribution in [2.24, 2.45) is 0 Å². The van der Waals surface area contributed by atoms with E-state index in [1.54, 1.807) is 6.07 Å². The highest BCUT2D eigenvalue weighted by Gasteiger charge is 2.28. The molecule has 1 fully saturated rings. The van der Waals surface area contributed by atoms with E-state index in [2.05, 4.69) is 21.9 Å². The molecule has 124 valence electrons. The Hall–Kier alpha value is -1.92. The maximum atomic E-state index is 12.3. The minimum atomic E-state index is -0.106. The van der Waals surface area contributed by atoms with E-state index in [4.69, 9.17) is 11.6 Å². The third-order valence-electron chi connectivity index (χ3n) is 4.17. The molecule has 2 heterocycles. The standard InChI is InChI=1S/C17H17ClN4OS/c1-2-21(14-7-5-12(18)6-8-14)10-13-9-15(23)22-17(19-13)24-16(20-22)11-3-4-11/h5-9,11H,2-4,10H2,1H3. The van der Waals surface area contributed by atoms with Gasteiger partial charge in [0.05, 0.1) is 12.2 Å². The molecule has 2 aromatic heterocycles. The summed E-state index contributed by atoms with van der Waals surface area (Å²) in [7, 11) is 0. The van der Waals surface area contributed by atoms with Crippen molar-refractivity contribution >= 4 is 33.6 Å². The minimum absolute atomic E-state index is 0.106. The van der Waals surface area contributed by atoms with Gasteiger partial charge in [-0.25, -0.2) is 4.98 Å². The molecule has 1 aromatic carbocycles. The van der Waals surface area contributed by atoms with E-state index < -0.39 is 0 Å². The smallest absolute Gasteiger partial charge is 0.275 e. The number of hydrogen-bond donors (Lipinski definition) is 0. The molecule has 0 radical (unpaired) electrons. The lowest BCUT2D eigenvalue weighted by Crippen LogP contribution is -2.24. The summed E-state index contributed by atoms with van der Waals surface area (Å²) in [5.41, 5.74) is 1.72. The SMILES string of the molecule is CCN(Cc1cc(=O)n2nc(C3CC3)sc2n1)c1ccc(Cl)cc1. The van der Waals surface area contributed by atoms with Crippen LogP contribution in [0.5, 0.6) is 0 Å². The first kappa shape index (κ1) is 15.6. The molecule has 7 heteroatoms. The zero-order chi connectivity index (χ0) is 16.7. The highest BCUT2D eigenvalue weighted by Crippen LogP contribution is 2.41. The lowest BCUT2D eigenvalue weighted by atomic mass is 10.2. The average molecular weight is 361 g/mol. The molecule has 4 rings (SSSR count). The summed E-state index contributed by atoms with van der Waals surface area (Å²) in [6, 6.07) is 9.29. The highest BCUT2D eigenvalue weighted by molar-refractivity contribution is 7.16. The minimum Gasteiger partial charge on any atom is -0.366 e. The number of rotatable bonds is 5. The van der Waals surface area contributed by atoms with E-state index in [0.29, 0.717) is 22.4 Å². The maximum Gasteiger partial charge on any atom is 0.275 e. The number of fused-ring (bicyclic) bond motifs is 1. The first-order valence-electron chi connectivity index (χ1n) is 8.04. The van der Waals surface area contributed by atoms with Crippen molar-refractivity contribution in [3.8, 4) is 0 Å². The van der Waals surface area contributed by atoms with Gasteiger partial charge in [-0.1, -0.05) is 22.9 Å². The molecule has 1 saturated carbocycles. The van der Waals surface area contributed by atoms with Gasteiger partial charge in [0.2, 0.25) is 4.96 Å². The Morgan fingerprint density at radius 3 is 2.75 bits per heavy atom. The number of anilines is 1. The first-order chi connectivity index (χ1) is 11.6. The van der Waals surface area contributed by atoms with Crippen LogP contribution in [0.25, 0.3) is 4.96 Å². The van der Waals surface area contributed by atoms with Crippen LogP contribution in [0.1, 0.15) is 36.4 Å². The Labute approximate surface area is 148 Å². The lowest BCUT2D eigenvalue weighted by molar-refractivity contribution is 0.790. The molecule has 0 amide bonds. The van der Waals surface area contributed by atoms with Crippen LogP contribution in [0.3, 0.4) is 0 Å². The Balaban J connectivity index is 1.65. The summed E-state index contributed by atoms with van der Waals surface area (Å²) < 4.78 is 1.43. The summed E-state index contributed by atoms with van der Waals surface area (Å²) in [6.45, 7) is 3.48. The van der Waals surface area contributed by atoms with Crippen LogP contribution in [0.15, 0.2) is 35.1 Å². The van der Waals surface area contributed by atoms with Crippen molar-refractivity contribution in [3.05, 3.63) is 56.4 Å². The quantitative estimate of drug-likeness (QED) is 0.696. The van der Waals surface area contributed by atoms with Gasteiger partial charge < -0.3 is 4.90 Å². The molecule has 0 atom stereocenters. The number of hydrogen-bond acceptors (Lipinski definition) is 5. The Kier molecular flexibility index (Phi) is 4.02. The van der Waals surface area contributed by atoms with Gasteiger partial charge in [0.1, 0.15) is 5.01 Å². The first-order valence-corrected chi connectivity index (χ1v) is 9.23. The van der Waals surface area contributed by atoms with Crippen molar-refractivity contribution in [3.63, 3.8) is 0 Å². The topological polar surface area (TPSA) is 50.5 Å². The molecular weight excluding hydrogens is 344 g/mol. The summed E-state index contributed by atoms with van der Waals surface area (Å²) in [5, 5.41) is 6.16. The van der Waals surface area contributed by atoms with Crippen molar-refractivity contribution < 1.29 is 0 Å². The van der Waals surface area contributed by atoms with E-state index in [9.17, 15) is 4.79 Å². The second-order valence-corrected chi connectivity index (χ2v) is 7.41. The van der Waals surface area contributed by atoms with Crippen molar-refractivity contribution in [1.29, 1.82) is 0 Å². The molecule has 1 aliphatic carbocycles. The van der Waals surface area contributed by atoms with E-state index >= 15 is 0 Å². The second kappa shape index (κ2) is 6.18. The third kappa shape index (κ3) is 3.03. The van der Waals surface area contributed by atoms with E-state index in [-0.39, 0.29) is 5.56 Å². The fourth-order valence-electron chi connectivity index (χ4n) is 2.68. The van der Waals surface area contributed by atoms with Gasteiger partial charge in [0.25, 0.3) is 5.56 Å². The normalized spacial score (nSPS) is 14.2. The maximum absolute atomic E-state index is 12.3. The molecule has 24 heavy (non-hydrogen) atoms. The molecule has 3 aromatic rings. The number of aromatic nitrogens is 3. The number of nitrogens with zero attached hydrogens (tertiary/aromatic N) is 4. The van der Waals surface area contributed by atoms with Gasteiger partial charge in [-0.2, -0.15) is 9.61 Å². The summed E-state index contributed by atoms with van der Waals surface area (Å²) in [4.78, 5) is 19.8. The van der Waals surface area contributed by atoms with Gasteiger partial charge in [-0.3, -0.25) is 4.79 Å². The van der Waals surface area contributed by atoms with Crippen molar-refractivity contribution in [2.75, 3.05) is 11.4 Å². The predicted octanol–water partition coefficient (Wildman–Crippen LogP) is 3.71. The van der Waals surface area contributed by atoms with Crippen molar-refractivity contribution in [2.45, 2.75) is 32.2 Å². The van der Waals surface area contributed by atoms with E-state index in [1.807, 2.05) is 24.3 Å². The molecule has 0 saturated heterocycles. The zero-order valence-corrected chi connectivity index (χ0v) is 14.8. The largest absolute Gasteiger partial charge is 0.366 e. The van der Waals surface area contributed by atoms with Crippen LogP contribution in [0.2, 0.25) is 5.02 Å². The molecule has 5 nitrogen and oxygen atoms in total. The highest BCUT2D eigenvalue weighted by atomic mass is 35.5. The molecule has 0 spiro atoms. The molecule has 0 aliphatic heterocycles. The van der Waals surface area contributed by atoms with Gasteiger partial charge in [0, 0.05) is 29.2 Å². The second-order valence-electron chi connectivity index (χ2n) is 5.99. The van der Waals surface area contributed by atoms with Crippen LogP contribution in [0, 0.1) is 0 Å². The monoisotopic (exact) mass is 360 g/mol. The Morgan fingerprint density at radius 2 is 2.08 bits per heavy atom. The molecular formula is C17H17ClN4OS. The lowest BCUT2D eigenvalue weighted by Gasteiger charge is -2.22. The van der Waals surface area contributed by atoms with Crippen LogP contribution in [-0.4, -0.2) is 21.1 Å². The Bertz CT molecular complexity index is 930. The molecule has 0 unspecified atom stereocenters. The van der Waals surface area contributed by atoms with Gasteiger partial charge >= 0.3 is 0 Å². The molecule has 0 bridgehead atoms. The fourth-order valence-corrected chi connectivity index (χ4v) is 3.90. The number of benzene rings is 1. The van der Waals surface area contributed by atoms with Crippen molar-refractivity contribution in [1.82, 2.24) is 14.6 Å². The summed E-state index contributed by atoms with van der Waals surface area (Å²) in [5.74, 6) is 0.528. The summed E-state index contributed by atoms with van der Waals surface area (Å²) in [6.07, 6.45) is 2.34. The zero-order valence-electron chi connectivity index (χ0n) is 13.3. The number of halogens is 1. The molecule has 1 aliphatic rings. The third-order valence-corrected chi connectivity index (χ3v) is 5.49. The van der Waals surface area contributed by atoms with Crippen LogP contribution >= 0.6 is 22.9 Å². The van der Waals surface area contributed by atoms with Crippen LogP contribution in [-0.2, 0) is 6.54 Å². The average Bonchev–Trinajstić information content (AvgIpc) is 3.33. The van der Waals surface area contributed by atoms with Crippen LogP contribution < -0.4 is 10.5 Å². The van der Waals surface area contributed by atoms with E-state index in [0.717, 1.165) is 22.9 Å². The van der Waals surface area contributed by atoms with Gasteiger partial charge in [-0.05, 0) is 44.0 Å². The van der Waals surface area contributed by atoms with E-state index in [1.165, 1.54) is 28.7 Å². The van der Waals surface area contributed by atoms with Crippen LogP contribution in [0.4, 0.5) is 5.69 Å². The Morgan fingerprint density at radius 1 is 1.33 bits per heavy atom. The van der Waals surface area contributed by atoms with Gasteiger partial charge in [-0.15, -0.1) is 0 Å². The predicted molar refractivity (Wildman–Crippen MR) is 97.3 cm³/mol. The van der Waals surface area contributed by atoms with Gasteiger partial charge in [0.15, 0.2) is 0 Å². The fraction of sp³-hybridized carbons (Fsp3) is 0.353.